The Morgan fingerprint density at radius 2 is 0.655 bits per heavy atom. The van der Waals surface area contributed by atoms with Gasteiger partial charge in [0.15, 0.2) is 0 Å². The van der Waals surface area contributed by atoms with E-state index in [1.54, 1.807) is 38.5 Å². The van der Waals surface area contributed by atoms with Gasteiger partial charge in [-0.15, -0.1) is 0 Å². The van der Waals surface area contributed by atoms with E-state index in [-0.39, 0.29) is 126 Å². The van der Waals surface area contributed by atoms with Crippen LogP contribution in [-0.4, -0.2) is 0 Å². The maximum Gasteiger partial charge on any atom is 1.00 e. The molecule has 0 amide bonds. The summed E-state index contributed by atoms with van der Waals surface area (Å²) in [5.41, 5.74) is 0. The molecule has 0 aromatic rings. The van der Waals surface area contributed by atoms with Gasteiger partial charge < -0.3 is 25.7 Å². The largest absolute Gasteiger partial charge is 1.00 e. The second kappa shape index (κ2) is 21.4. The molecule has 0 N–H and O–H groups in total. The zero-order chi connectivity index (χ0) is 17.9. The van der Waals surface area contributed by atoms with Crippen molar-refractivity contribution in [2.45, 2.75) is 116 Å². The van der Waals surface area contributed by atoms with Crippen LogP contribution in [0.2, 0.25) is 0 Å². The van der Waals surface area contributed by atoms with Crippen molar-refractivity contribution in [2.24, 2.45) is 23.7 Å². The first kappa shape index (κ1) is 33.1. The molecule has 0 saturated heterocycles. The van der Waals surface area contributed by atoms with Crippen molar-refractivity contribution in [2.75, 3.05) is 0 Å². The molecule has 4 rings (SSSR count). The molecule has 0 heterocycles. The molecule has 2 radical (unpaired) electrons. The molecule has 29 heavy (non-hydrogen) atoms. The van der Waals surface area contributed by atoms with Crippen molar-refractivity contribution in [1.29, 1.82) is 0 Å². The summed E-state index contributed by atoms with van der Waals surface area (Å²) in [7, 11) is 0. The Labute approximate surface area is 285 Å². The van der Waals surface area contributed by atoms with Gasteiger partial charge in [-0.05, 0) is 36.5 Å². The molecular weight excluding hydrogens is 768 g/mol. The topological polar surface area (TPSA) is 0 Å². The average Bonchev–Trinajstić information content (AvgIpc) is 2.73. The number of hydrogen-bond donors (Lipinski definition) is 0. The van der Waals surface area contributed by atoms with E-state index in [1.807, 2.05) is 0 Å². The minimum atomic E-state index is 0. The third kappa shape index (κ3) is 14.9. The summed E-state index contributed by atoms with van der Waals surface area (Å²) in [5, 5.41) is 0. The Morgan fingerprint density at radius 1 is 0.414 bits per heavy atom. The van der Waals surface area contributed by atoms with Crippen molar-refractivity contribution in [3.63, 3.8) is 0 Å². The molecule has 158 valence electrons. The van der Waals surface area contributed by atoms with Crippen LogP contribution < -0.4 is 58.2 Å². The molecule has 4 fully saturated rings. The van der Waals surface area contributed by atoms with Gasteiger partial charge >= 0.3 is 58.2 Å². The molecule has 0 bridgehead atoms. The summed E-state index contributed by atoms with van der Waals surface area (Å²) < 4.78 is 0. The number of rotatable bonds is 4. The Morgan fingerprint density at radius 3 is 0.931 bits per heavy atom. The van der Waals surface area contributed by atoms with Crippen LogP contribution in [0, 0.1) is 117 Å². The van der Waals surface area contributed by atoms with Crippen molar-refractivity contribution in [3.05, 3.63) is 25.7 Å². The van der Waals surface area contributed by atoms with Gasteiger partial charge in [0.05, 0.1) is 0 Å². The van der Waals surface area contributed by atoms with Crippen LogP contribution in [0.5, 0.6) is 0 Å². The van der Waals surface area contributed by atoms with Gasteiger partial charge in [0.2, 0.25) is 0 Å². The Balaban J connectivity index is 0.000000757. The Bertz CT molecular complexity index is 301. The maximum atomic E-state index is 2.51. The van der Waals surface area contributed by atoms with E-state index >= 15 is 0 Å². The quantitative estimate of drug-likeness (QED) is 0.337. The fourth-order valence-corrected chi connectivity index (χ4v) is 5.87. The molecule has 4 saturated carbocycles. The summed E-state index contributed by atoms with van der Waals surface area (Å²) in [5.74, 6) is 4.34. The molecule has 0 aromatic carbocycles. The van der Waals surface area contributed by atoms with Gasteiger partial charge in [0, 0.05) is 67.9 Å². The molecule has 0 spiro atoms. The van der Waals surface area contributed by atoms with Crippen molar-refractivity contribution >= 4 is 0 Å². The summed E-state index contributed by atoms with van der Waals surface area (Å²) in [6, 6.07) is 0. The maximum absolute atomic E-state index is 2.51. The number of hydrogen-bond acceptors (Lipinski definition) is 0. The van der Waals surface area contributed by atoms with Gasteiger partial charge in [-0.3, -0.25) is 0 Å². The third-order valence-electron chi connectivity index (χ3n) is 7.57. The SMILES string of the molecule is [CH-]1CCC(CC2CCC(CC3CC[CH-]CC3)CC2)CC1.[CH-]1CC[CH-]CC1.[La].[Pa].[Rb+]. The second-order valence-electron chi connectivity index (χ2n) is 9.71. The zero-order valence-electron chi connectivity index (χ0n) is 19.5. The van der Waals surface area contributed by atoms with Crippen molar-refractivity contribution in [3.8, 4) is 0 Å². The predicted octanol–water partition coefficient (Wildman–Crippen LogP) is 5.33. The molecule has 0 atom stereocenters. The molecule has 0 aliphatic heterocycles. The average molecular weight is 812 g/mol. The van der Waals surface area contributed by atoms with Crippen LogP contribution in [0.3, 0.4) is 0 Å². The van der Waals surface area contributed by atoms with Crippen LogP contribution in [0.15, 0.2) is 0 Å². The molecular formula is C26H44LaPaRb-3. The van der Waals surface area contributed by atoms with Crippen LogP contribution in [-0.2, 0) is 0 Å². The van der Waals surface area contributed by atoms with Gasteiger partial charge in [-0.1, -0.05) is 51.4 Å². The Kier molecular flexibility index (Phi) is 24.4. The third-order valence-corrected chi connectivity index (χ3v) is 7.57. The molecule has 4 aliphatic rings. The second-order valence-corrected chi connectivity index (χ2v) is 9.71. The van der Waals surface area contributed by atoms with E-state index in [0.29, 0.717) is 0 Å². The predicted molar refractivity (Wildman–Crippen MR) is 114 cm³/mol. The van der Waals surface area contributed by atoms with Crippen LogP contribution in [0.1, 0.15) is 116 Å². The minimum Gasteiger partial charge on any atom is -0.333 e. The first-order valence-electron chi connectivity index (χ1n) is 12.2. The van der Waals surface area contributed by atoms with E-state index in [1.165, 1.54) is 77.0 Å². The summed E-state index contributed by atoms with van der Waals surface area (Å²) in [4.78, 5) is 0. The van der Waals surface area contributed by atoms with Gasteiger partial charge in [0.25, 0.3) is 0 Å². The fraction of sp³-hybridized carbons (Fsp3) is 0.846. The van der Waals surface area contributed by atoms with E-state index in [9.17, 15) is 0 Å². The van der Waals surface area contributed by atoms with Gasteiger partial charge in [0.1, 0.15) is 0 Å². The van der Waals surface area contributed by atoms with E-state index < -0.39 is 0 Å². The monoisotopic (exact) mass is 811 g/mol. The van der Waals surface area contributed by atoms with Crippen LogP contribution in [0.25, 0.3) is 0 Å². The molecule has 0 aromatic heterocycles. The van der Waals surface area contributed by atoms with E-state index in [2.05, 4.69) is 25.7 Å². The first-order chi connectivity index (χ1) is 12.9. The first-order valence-corrected chi connectivity index (χ1v) is 12.2. The normalized spacial score (nSPS) is 28.6. The summed E-state index contributed by atoms with van der Waals surface area (Å²) >= 11 is 0. The van der Waals surface area contributed by atoms with Crippen molar-refractivity contribution in [1.82, 2.24) is 0 Å². The standard InChI is InChI=1S/C20H34.C6H10.La.Pa.Rb/c1-3-7-17(8-4-1)15-19-11-13-20(14-12-19)16-18-9-5-2-6-10-18;1-2-4-6-5-3-1;;;/h1-2,17-20H,3-16H2;1,6H,2-5H2;;;/q2*-2;;;+1. The molecule has 3 heteroatoms. The molecule has 4 aliphatic carbocycles. The van der Waals surface area contributed by atoms with Crippen LogP contribution in [0.4, 0.5) is 0 Å². The summed E-state index contributed by atoms with van der Waals surface area (Å²) in [6.45, 7) is 0. The molecule has 0 unspecified atom stereocenters. The van der Waals surface area contributed by atoms with Gasteiger partial charge in [-0.2, -0.15) is 25.7 Å². The van der Waals surface area contributed by atoms with Crippen molar-refractivity contribution < 1.29 is 126 Å². The molecule has 0 nitrogen and oxygen atoms in total. The minimum absolute atomic E-state index is 0. The van der Waals surface area contributed by atoms with E-state index in [4.69, 9.17) is 0 Å². The summed E-state index contributed by atoms with van der Waals surface area (Å²) in [6.07, 6.45) is 36.0. The smallest absolute Gasteiger partial charge is 0.333 e. The Hall–Kier alpha value is 4.09. The van der Waals surface area contributed by atoms with Crippen LogP contribution >= 0.6 is 0 Å². The zero-order valence-corrected chi connectivity index (χ0v) is 32.9. The fourth-order valence-electron chi connectivity index (χ4n) is 5.87. The van der Waals surface area contributed by atoms with Gasteiger partial charge in [-0.25, -0.2) is 25.7 Å². The van der Waals surface area contributed by atoms with E-state index in [0.717, 1.165) is 23.7 Å².